The van der Waals surface area contributed by atoms with Gasteiger partial charge in [-0.15, -0.1) is 11.8 Å². The number of nitrogens with zero attached hydrogens (tertiary/aromatic N) is 2. The third kappa shape index (κ3) is 4.54. The summed E-state index contributed by atoms with van der Waals surface area (Å²) in [4.78, 5) is 30.0. The molecule has 1 amide bonds. The second kappa shape index (κ2) is 8.20. The van der Waals surface area contributed by atoms with Crippen molar-refractivity contribution in [2.24, 2.45) is 0 Å². The molecule has 0 aliphatic carbocycles. The molecule has 1 atom stereocenters. The largest absolute Gasteiger partial charge is 0.416 e. The zero-order valence-corrected chi connectivity index (χ0v) is 16.8. The first kappa shape index (κ1) is 20.8. The van der Waals surface area contributed by atoms with E-state index in [9.17, 15) is 22.8 Å². The highest BCUT2D eigenvalue weighted by atomic mass is 32.2. The number of carbonyl (C=O) groups excluding carboxylic acids is 1. The second-order valence-electron chi connectivity index (χ2n) is 6.27. The Kier molecular flexibility index (Phi) is 6.09. The molecule has 0 radical (unpaired) electrons. The predicted octanol–water partition coefficient (Wildman–Crippen LogP) is 4.05. The molecule has 2 heterocycles. The van der Waals surface area contributed by atoms with E-state index < -0.39 is 17.6 Å². The fraction of sp³-hybridized carbons (Fsp3) is 0.389. The van der Waals surface area contributed by atoms with Crippen LogP contribution in [0.4, 0.5) is 18.9 Å². The minimum atomic E-state index is -4.48. The van der Waals surface area contributed by atoms with Gasteiger partial charge in [0.25, 0.3) is 5.56 Å². The van der Waals surface area contributed by atoms with Gasteiger partial charge in [0.15, 0.2) is 5.16 Å². The quantitative estimate of drug-likeness (QED) is 0.574. The third-order valence-corrected chi connectivity index (χ3v) is 6.28. The van der Waals surface area contributed by atoms with E-state index in [4.69, 9.17) is 0 Å². The van der Waals surface area contributed by atoms with Gasteiger partial charge < -0.3 is 5.32 Å². The van der Waals surface area contributed by atoms with Gasteiger partial charge in [-0.05, 0) is 25.1 Å². The third-order valence-electron chi connectivity index (χ3n) is 4.09. The van der Waals surface area contributed by atoms with Crippen LogP contribution in [0.15, 0.2) is 39.1 Å². The van der Waals surface area contributed by atoms with Crippen LogP contribution >= 0.6 is 23.5 Å². The first-order valence-electron chi connectivity index (χ1n) is 8.59. The van der Waals surface area contributed by atoms with Crippen LogP contribution in [0.5, 0.6) is 0 Å². The van der Waals surface area contributed by atoms with Crippen LogP contribution in [0.2, 0.25) is 0 Å². The minimum Gasteiger partial charge on any atom is -0.325 e. The molecule has 0 saturated carbocycles. The molecule has 150 valence electrons. The van der Waals surface area contributed by atoms with E-state index in [1.807, 2.05) is 13.8 Å². The molecule has 1 aliphatic heterocycles. The van der Waals surface area contributed by atoms with Crippen molar-refractivity contribution < 1.29 is 18.0 Å². The number of hydrogen-bond acceptors (Lipinski definition) is 5. The van der Waals surface area contributed by atoms with Crippen LogP contribution in [-0.2, 0) is 23.9 Å². The molecule has 1 aromatic heterocycles. The van der Waals surface area contributed by atoms with E-state index in [2.05, 4.69) is 10.3 Å². The number of benzene rings is 1. The van der Waals surface area contributed by atoms with Crippen LogP contribution in [-0.4, -0.2) is 26.5 Å². The molecular formula is C18H18F3N3O2S2. The Morgan fingerprint density at radius 3 is 2.86 bits per heavy atom. The van der Waals surface area contributed by atoms with E-state index in [0.29, 0.717) is 23.0 Å². The normalized spacial score (nSPS) is 16.1. The molecule has 0 bridgehead atoms. The molecule has 0 fully saturated rings. The van der Waals surface area contributed by atoms with Crippen LogP contribution in [0.1, 0.15) is 25.1 Å². The van der Waals surface area contributed by atoms with Crippen molar-refractivity contribution >= 4 is 35.1 Å². The lowest BCUT2D eigenvalue weighted by molar-refractivity contribution is -0.137. The van der Waals surface area contributed by atoms with Crippen molar-refractivity contribution in [2.45, 2.75) is 48.3 Å². The van der Waals surface area contributed by atoms with Gasteiger partial charge in [-0.25, -0.2) is 4.98 Å². The van der Waals surface area contributed by atoms with Crippen molar-refractivity contribution in [1.29, 1.82) is 0 Å². The Hall–Kier alpha value is -1.94. The number of halogens is 3. The van der Waals surface area contributed by atoms with Gasteiger partial charge in [0, 0.05) is 23.9 Å². The van der Waals surface area contributed by atoms with Gasteiger partial charge in [-0.1, -0.05) is 24.8 Å². The number of hydrogen-bond donors (Lipinski definition) is 1. The maximum Gasteiger partial charge on any atom is 0.416 e. The monoisotopic (exact) mass is 429 g/mol. The van der Waals surface area contributed by atoms with Crippen LogP contribution in [0, 0.1) is 0 Å². The lowest BCUT2D eigenvalue weighted by Gasteiger charge is -2.12. The van der Waals surface area contributed by atoms with E-state index in [-0.39, 0.29) is 22.2 Å². The molecule has 28 heavy (non-hydrogen) atoms. The molecule has 5 nitrogen and oxygen atoms in total. The van der Waals surface area contributed by atoms with Crippen LogP contribution in [0.25, 0.3) is 0 Å². The minimum absolute atomic E-state index is 0.0653. The average molecular weight is 429 g/mol. The molecule has 10 heteroatoms. The highest BCUT2D eigenvalue weighted by Crippen LogP contribution is 2.34. The van der Waals surface area contributed by atoms with Crippen molar-refractivity contribution in [3.63, 3.8) is 0 Å². The van der Waals surface area contributed by atoms with E-state index in [1.165, 1.54) is 28.5 Å². The molecule has 1 aromatic carbocycles. The average Bonchev–Trinajstić information content (AvgIpc) is 3.00. The first-order valence-corrected chi connectivity index (χ1v) is 10.5. The topological polar surface area (TPSA) is 64.0 Å². The lowest BCUT2D eigenvalue weighted by Crippen LogP contribution is -2.25. The number of anilines is 1. The number of nitrogens with one attached hydrogen (secondary N) is 1. The maximum atomic E-state index is 12.8. The van der Waals surface area contributed by atoms with Crippen molar-refractivity contribution in [3.05, 3.63) is 45.9 Å². The zero-order valence-electron chi connectivity index (χ0n) is 15.2. The number of fused-ring (bicyclic) bond motifs is 1. The molecule has 2 aromatic rings. The van der Waals surface area contributed by atoms with Gasteiger partial charge in [0.2, 0.25) is 5.91 Å². The zero-order chi connectivity index (χ0) is 20.5. The van der Waals surface area contributed by atoms with Gasteiger partial charge >= 0.3 is 6.18 Å². The van der Waals surface area contributed by atoms with Crippen molar-refractivity contribution in [2.75, 3.05) is 11.1 Å². The summed E-state index contributed by atoms with van der Waals surface area (Å²) < 4.78 is 39.8. The highest BCUT2D eigenvalue weighted by Gasteiger charge is 2.30. The number of thioether (sulfide) groups is 2. The molecule has 0 saturated heterocycles. The van der Waals surface area contributed by atoms with E-state index in [0.717, 1.165) is 29.6 Å². The molecule has 1 N–H and O–H groups in total. The van der Waals surface area contributed by atoms with Crippen molar-refractivity contribution in [3.8, 4) is 0 Å². The summed E-state index contributed by atoms with van der Waals surface area (Å²) in [6.45, 7) is 4.27. The maximum absolute atomic E-state index is 12.8. The Morgan fingerprint density at radius 2 is 2.18 bits per heavy atom. The molecule has 0 spiro atoms. The Morgan fingerprint density at radius 1 is 1.43 bits per heavy atom. The number of rotatable bonds is 5. The van der Waals surface area contributed by atoms with Gasteiger partial charge in [-0.2, -0.15) is 13.2 Å². The number of alkyl halides is 3. The van der Waals surface area contributed by atoms with E-state index in [1.54, 1.807) is 0 Å². The lowest BCUT2D eigenvalue weighted by atomic mass is 10.2. The van der Waals surface area contributed by atoms with Gasteiger partial charge in [-0.3, -0.25) is 14.2 Å². The van der Waals surface area contributed by atoms with Crippen LogP contribution < -0.4 is 10.9 Å². The second-order valence-corrected chi connectivity index (χ2v) is 8.66. The number of amides is 1. The van der Waals surface area contributed by atoms with Crippen LogP contribution in [0.3, 0.4) is 0 Å². The predicted molar refractivity (Wildman–Crippen MR) is 104 cm³/mol. The summed E-state index contributed by atoms with van der Waals surface area (Å²) in [7, 11) is 0. The van der Waals surface area contributed by atoms with Gasteiger partial charge in [0.1, 0.15) is 0 Å². The fourth-order valence-corrected chi connectivity index (χ4v) is 4.82. The smallest absolute Gasteiger partial charge is 0.325 e. The Bertz CT molecular complexity index is 960. The number of carbonyl (C=O) groups is 1. The summed E-state index contributed by atoms with van der Waals surface area (Å²) in [6, 6.07) is 4.46. The highest BCUT2D eigenvalue weighted by molar-refractivity contribution is 8.00. The van der Waals surface area contributed by atoms with E-state index >= 15 is 0 Å². The fourth-order valence-electron chi connectivity index (χ4n) is 2.82. The summed E-state index contributed by atoms with van der Waals surface area (Å²) >= 11 is 2.61. The molecule has 1 unspecified atom stereocenters. The summed E-state index contributed by atoms with van der Waals surface area (Å²) in [5.41, 5.74) is -0.124. The van der Waals surface area contributed by atoms with Crippen molar-refractivity contribution in [1.82, 2.24) is 9.55 Å². The SMILES string of the molecule is CCn1c(SCC(=O)Nc2cccc(C(F)(F)F)c2)nc2c(c1=O)SC(C)C2. The Labute approximate surface area is 168 Å². The summed E-state index contributed by atoms with van der Waals surface area (Å²) in [6.07, 6.45) is -3.78. The Balaban J connectivity index is 1.71. The van der Waals surface area contributed by atoms with Gasteiger partial charge in [0.05, 0.1) is 21.9 Å². The summed E-state index contributed by atoms with van der Waals surface area (Å²) in [5, 5.41) is 3.18. The number of aromatic nitrogens is 2. The molecular weight excluding hydrogens is 411 g/mol. The summed E-state index contributed by atoms with van der Waals surface area (Å²) in [5.74, 6) is -0.533. The first-order chi connectivity index (χ1) is 13.2. The standard InChI is InChI=1S/C18H18F3N3O2S2/c1-3-24-16(26)15-13(7-10(2)28-15)23-17(24)27-9-14(25)22-12-6-4-5-11(8-12)18(19,20)21/h4-6,8,10H,3,7,9H2,1-2H3,(H,22,25). The molecule has 1 aliphatic rings. The molecule has 3 rings (SSSR count).